The third kappa shape index (κ3) is 5.25. The van der Waals surface area contributed by atoms with Gasteiger partial charge >= 0.3 is 0 Å². The zero-order valence-corrected chi connectivity index (χ0v) is 18.1. The summed E-state index contributed by atoms with van der Waals surface area (Å²) in [7, 11) is 5.25. The fraction of sp³-hybridized carbons (Fsp3) is 0.444. The highest BCUT2D eigenvalue weighted by molar-refractivity contribution is 14.0. The zero-order valence-electron chi connectivity index (χ0n) is 15.8. The van der Waals surface area contributed by atoms with Crippen LogP contribution >= 0.6 is 24.0 Å². The van der Waals surface area contributed by atoms with Crippen LogP contribution in [0.3, 0.4) is 0 Å². The lowest BCUT2D eigenvalue weighted by Crippen LogP contribution is -2.47. The van der Waals surface area contributed by atoms with Crippen LogP contribution in [0, 0.1) is 0 Å². The van der Waals surface area contributed by atoms with E-state index >= 15 is 0 Å². The van der Waals surface area contributed by atoms with E-state index in [9.17, 15) is 5.11 Å². The number of phenols is 1. The average Bonchev–Trinajstić information content (AvgIpc) is 3.10. The second-order valence-electron chi connectivity index (χ2n) is 6.15. The molecule has 1 fully saturated rings. The lowest BCUT2D eigenvalue weighted by atomic mass is 10.1. The van der Waals surface area contributed by atoms with Gasteiger partial charge in [-0.15, -0.1) is 24.0 Å². The molecule has 1 unspecified atom stereocenters. The Kier molecular flexibility index (Phi) is 7.72. The summed E-state index contributed by atoms with van der Waals surface area (Å²) in [5.74, 6) is 1.70. The number of aryl methyl sites for hydroxylation is 1. The molecule has 1 atom stereocenters. The van der Waals surface area contributed by atoms with Gasteiger partial charge in [-0.1, -0.05) is 0 Å². The Bertz CT molecular complexity index is 780. The predicted octanol–water partition coefficient (Wildman–Crippen LogP) is 1.90. The highest BCUT2D eigenvalue weighted by atomic mass is 127. The molecule has 1 aromatic heterocycles. The van der Waals surface area contributed by atoms with E-state index in [-0.39, 0.29) is 35.8 Å². The second-order valence-corrected chi connectivity index (χ2v) is 6.15. The molecule has 0 aliphatic carbocycles. The van der Waals surface area contributed by atoms with Crippen molar-refractivity contribution in [3.8, 4) is 11.5 Å². The minimum Gasteiger partial charge on any atom is -0.508 e. The van der Waals surface area contributed by atoms with Gasteiger partial charge in [-0.05, 0) is 18.2 Å². The molecule has 1 saturated heterocycles. The lowest BCUT2D eigenvalue weighted by molar-refractivity contribution is -0.00805. The van der Waals surface area contributed by atoms with Crippen molar-refractivity contribution in [1.29, 1.82) is 0 Å². The zero-order chi connectivity index (χ0) is 18.5. The Morgan fingerprint density at radius 2 is 2.30 bits per heavy atom. The number of ether oxygens (including phenoxy) is 2. The number of nitrogens with one attached hydrogen (secondary N) is 1. The molecule has 148 valence electrons. The maximum atomic E-state index is 10.0. The summed E-state index contributed by atoms with van der Waals surface area (Å²) in [6.45, 7) is 2.51. The van der Waals surface area contributed by atoms with Crippen LogP contribution in [-0.2, 0) is 18.3 Å². The molecule has 0 saturated carbocycles. The molecule has 0 bridgehead atoms. The van der Waals surface area contributed by atoms with Crippen molar-refractivity contribution in [3.63, 3.8) is 0 Å². The smallest absolute Gasteiger partial charge is 0.194 e. The number of rotatable bonds is 4. The van der Waals surface area contributed by atoms with Crippen molar-refractivity contribution in [3.05, 3.63) is 41.7 Å². The monoisotopic (exact) mass is 487 g/mol. The average molecular weight is 487 g/mol. The molecule has 0 radical (unpaired) electrons. The highest BCUT2D eigenvalue weighted by Gasteiger charge is 2.25. The van der Waals surface area contributed by atoms with Crippen molar-refractivity contribution in [2.45, 2.75) is 12.6 Å². The van der Waals surface area contributed by atoms with Crippen molar-refractivity contribution in [2.24, 2.45) is 12.0 Å². The van der Waals surface area contributed by atoms with Gasteiger partial charge in [0.1, 0.15) is 17.6 Å². The van der Waals surface area contributed by atoms with Crippen molar-refractivity contribution in [1.82, 2.24) is 20.0 Å². The fourth-order valence-corrected chi connectivity index (χ4v) is 2.99. The van der Waals surface area contributed by atoms with E-state index in [1.807, 2.05) is 25.5 Å². The number of guanidine groups is 1. The summed E-state index contributed by atoms with van der Waals surface area (Å²) >= 11 is 0. The van der Waals surface area contributed by atoms with Crippen LogP contribution in [0.2, 0.25) is 0 Å². The van der Waals surface area contributed by atoms with Gasteiger partial charge in [0, 0.05) is 44.5 Å². The van der Waals surface area contributed by atoms with Gasteiger partial charge in [-0.2, -0.15) is 5.10 Å². The first-order chi connectivity index (χ1) is 12.6. The van der Waals surface area contributed by atoms with Gasteiger partial charge in [-0.3, -0.25) is 9.67 Å². The first kappa shape index (κ1) is 21.3. The van der Waals surface area contributed by atoms with Gasteiger partial charge in [0.05, 0.1) is 26.5 Å². The molecule has 2 N–H and O–H groups in total. The van der Waals surface area contributed by atoms with E-state index in [4.69, 9.17) is 9.47 Å². The predicted molar refractivity (Wildman–Crippen MR) is 114 cm³/mol. The molecular weight excluding hydrogens is 461 g/mol. The van der Waals surface area contributed by atoms with Crippen LogP contribution in [0.1, 0.15) is 17.2 Å². The van der Waals surface area contributed by atoms with Crippen LogP contribution in [0.25, 0.3) is 0 Å². The maximum Gasteiger partial charge on any atom is 0.194 e. The lowest BCUT2D eigenvalue weighted by Gasteiger charge is -2.34. The second kappa shape index (κ2) is 9.79. The standard InChI is InChI=1S/C18H25N5O3.HI/c1-19-18(20-9-13-8-15(25-3)4-5-16(13)24)23-6-7-26-17(12-23)14-10-21-22(2)11-14;/h4-5,8,10-11,17,24H,6-7,9,12H2,1-3H3,(H,19,20);1H. The molecule has 3 rings (SSSR count). The normalized spacial score (nSPS) is 17.4. The molecule has 2 aromatic rings. The van der Waals surface area contributed by atoms with Crippen molar-refractivity contribution >= 4 is 29.9 Å². The molecule has 2 heterocycles. The molecule has 1 aromatic carbocycles. The summed E-state index contributed by atoms with van der Waals surface area (Å²) in [6, 6.07) is 5.17. The van der Waals surface area contributed by atoms with Crippen LogP contribution in [0.15, 0.2) is 35.6 Å². The van der Waals surface area contributed by atoms with Crippen LogP contribution in [0.4, 0.5) is 0 Å². The Morgan fingerprint density at radius 1 is 1.48 bits per heavy atom. The largest absolute Gasteiger partial charge is 0.508 e. The summed E-state index contributed by atoms with van der Waals surface area (Å²) in [5.41, 5.74) is 1.81. The third-order valence-electron chi connectivity index (χ3n) is 4.40. The van der Waals surface area contributed by atoms with Gasteiger partial charge in [0.2, 0.25) is 0 Å². The molecular formula is C18H26IN5O3. The number of aromatic hydroxyl groups is 1. The fourth-order valence-electron chi connectivity index (χ4n) is 2.99. The first-order valence-electron chi connectivity index (χ1n) is 8.52. The topological polar surface area (TPSA) is 84.1 Å². The summed E-state index contributed by atoms with van der Waals surface area (Å²) < 4.78 is 12.9. The van der Waals surface area contributed by atoms with Crippen LogP contribution in [0.5, 0.6) is 11.5 Å². The number of aromatic nitrogens is 2. The van der Waals surface area contributed by atoms with Crippen molar-refractivity contribution in [2.75, 3.05) is 33.9 Å². The molecule has 1 aliphatic heterocycles. The number of halogens is 1. The maximum absolute atomic E-state index is 10.0. The molecule has 0 amide bonds. The van der Waals surface area contributed by atoms with E-state index in [0.717, 1.165) is 23.6 Å². The third-order valence-corrected chi connectivity index (χ3v) is 4.40. The van der Waals surface area contributed by atoms with Crippen LogP contribution < -0.4 is 10.1 Å². The van der Waals surface area contributed by atoms with Gasteiger partial charge < -0.3 is 24.8 Å². The SMILES string of the molecule is CN=C(NCc1cc(OC)ccc1O)N1CCOC(c2cnn(C)c2)C1.I. The van der Waals surface area contributed by atoms with Crippen molar-refractivity contribution < 1.29 is 14.6 Å². The number of phenolic OH excluding ortho intramolecular Hbond substituents is 1. The molecule has 27 heavy (non-hydrogen) atoms. The Labute approximate surface area is 176 Å². The van der Waals surface area contributed by atoms with E-state index in [0.29, 0.717) is 25.4 Å². The van der Waals surface area contributed by atoms with Crippen LogP contribution in [-0.4, -0.2) is 59.6 Å². The Balaban J connectivity index is 0.00000261. The van der Waals surface area contributed by atoms with E-state index in [2.05, 4.69) is 20.3 Å². The number of hydrogen-bond donors (Lipinski definition) is 2. The number of morpholine rings is 1. The summed E-state index contributed by atoms with van der Waals surface area (Å²) in [4.78, 5) is 6.53. The summed E-state index contributed by atoms with van der Waals surface area (Å²) in [6.07, 6.45) is 3.76. The molecule has 0 spiro atoms. The Morgan fingerprint density at radius 3 is 2.96 bits per heavy atom. The van der Waals surface area contributed by atoms with Gasteiger partial charge in [-0.25, -0.2) is 0 Å². The first-order valence-corrected chi connectivity index (χ1v) is 8.52. The number of hydrogen-bond acceptors (Lipinski definition) is 5. The van der Waals surface area contributed by atoms with Gasteiger partial charge in [0.25, 0.3) is 0 Å². The van der Waals surface area contributed by atoms with Gasteiger partial charge in [0.15, 0.2) is 5.96 Å². The van der Waals surface area contributed by atoms with E-state index in [1.165, 1.54) is 0 Å². The minimum atomic E-state index is -0.0405. The Hall–Kier alpha value is -2.01. The quantitative estimate of drug-likeness (QED) is 0.390. The number of methoxy groups -OCH3 is 1. The minimum absolute atomic E-state index is 0. The molecule has 9 heteroatoms. The van der Waals surface area contributed by atoms with E-state index in [1.54, 1.807) is 31.0 Å². The number of benzene rings is 1. The number of aliphatic imine (C=N–C) groups is 1. The highest BCUT2D eigenvalue weighted by Crippen LogP contribution is 2.24. The molecule has 1 aliphatic rings. The number of nitrogens with zero attached hydrogens (tertiary/aromatic N) is 4. The summed E-state index contributed by atoms with van der Waals surface area (Å²) in [5, 5.41) is 17.6. The molecule has 8 nitrogen and oxygen atoms in total. The van der Waals surface area contributed by atoms with E-state index < -0.39 is 0 Å².